The number of rotatable bonds is 3. The van der Waals surface area contributed by atoms with Gasteiger partial charge >= 0.3 is 0 Å². The lowest BCUT2D eigenvalue weighted by molar-refractivity contribution is 0.305. The molecule has 0 bridgehead atoms. The van der Waals surface area contributed by atoms with Crippen molar-refractivity contribution in [1.29, 1.82) is 0 Å². The van der Waals surface area contributed by atoms with Gasteiger partial charge < -0.3 is 9.94 Å². The summed E-state index contributed by atoms with van der Waals surface area (Å²) < 4.78 is 5.82. The second kappa shape index (κ2) is 5.78. The quantitative estimate of drug-likeness (QED) is 0.679. The van der Waals surface area contributed by atoms with Crippen LogP contribution in [0.25, 0.3) is 0 Å². The Morgan fingerprint density at radius 1 is 1.05 bits per heavy atom. The van der Waals surface area contributed by atoms with Gasteiger partial charge in [0.25, 0.3) is 0 Å². The number of aryl methyl sites for hydroxylation is 1. The Hall–Kier alpha value is -2.29. The molecular weight excluding hydrogens is 250 g/mol. The summed E-state index contributed by atoms with van der Waals surface area (Å²) in [5.74, 6) is 0.867. The summed E-state index contributed by atoms with van der Waals surface area (Å²) in [6, 6.07) is 16.1. The number of benzene rings is 2. The Bertz CT molecular complexity index is 620. The average Bonchev–Trinajstić information content (AvgIpc) is 2.53. The van der Waals surface area contributed by atoms with Gasteiger partial charge in [0, 0.05) is 5.56 Å². The zero-order chi connectivity index (χ0) is 13.8. The largest absolute Gasteiger partial charge is 0.489 e. The van der Waals surface area contributed by atoms with Gasteiger partial charge in [-0.1, -0.05) is 35.5 Å². The monoisotopic (exact) mass is 267 g/mol. The minimum atomic E-state index is 0.570. The number of ether oxygens (including phenoxy) is 1. The fraction of sp³-hybridized carbons (Fsp3) is 0.235. The van der Waals surface area contributed by atoms with Gasteiger partial charge in [-0.3, -0.25) is 0 Å². The number of hydrogen-bond acceptors (Lipinski definition) is 3. The highest BCUT2D eigenvalue weighted by atomic mass is 16.5. The molecule has 3 heteroatoms. The van der Waals surface area contributed by atoms with Gasteiger partial charge in [-0.2, -0.15) is 0 Å². The molecule has 0 saturated heterocycles. The van der Waals surface area contributed by atoms with E-state index in [1.807, 2.05) is 30.3 Å². The summed E-state index contributed by atoms with van der Waals surface area (Å²) in [7, 11) is 0. The maximum atomic E-state index is 9.02. The molecule has 0 aromatic heterocycles. The zero-order valence-corrected chi connectivity index (χ0v) is 11.2. The van der Waals surface area contributed by atoms with Gasteiger partial charge in [0.2, 0.25) is 0 Å². The molecule has 2 aromatic rings. The van der Waals surface area contributed by atoms with Crippen molar-refractivity contribution < 1.29 is 9.94 Å². The molecule has 3 rings (SSSR count). The molecule has 0 radical (unpaired) electrons. The van der Waals surface area contributed by atoms with Crippen LogP contribution in [-0.4, -0.2) is 10.9 Å². The van der Waals surface area contributed by atoms with Crippen molar-refractivity contribution in [2.75, 3.05) is 0 Å². The van der Waals surface area contributed by atoms with E-state index in [4.69, 9.17) is 9.94 Å². The van der Waals surface area contributed by atoms with Crippen LogP contribution in [0.4, 0.5) is 0 Å². The maximum Gasteiger partial charge on any atom is 0.120 e. The van der Waals surface area contributed by atoms with E-state index in [-0.39, 0.29) is 0 Å². The van der Waals surface area contributed by atoms with E-state index in [0.29, 0.717) is 6.61 Å². The molecule has 0 spiro atoms. The maximum absolute atomic E-state index is 9.02. The summed E-state index contributed by atoms with van der Waals surface area (Å²) in [6.07, 6.45) is 2.87. The van der Waals surface area contributed by atoms with Crippen molar-refractivity contribution in [3.8, 4) is 5.75 Å². The van der Waals surface area contributed by atoms with Crippen LogP contribution in [0.1, 0.15) is 29.5 Å². The van der Waals surface area contributed by atoms with Crippen LogP contribution in [-0.2, 0) is 13.0 Å². The smallest absolute Gasteiger partial charge is 0.120 e. The van der Waals surface area contributed by atoms with E-state index in [1.54, 1.807) is 0 Å². The number of fused-ring (bicyclic) bond motifs is 1. The topological polar surface area (TPSA) is 41.8 Å². The fourth-order valence-corrected chi connectivity index (χ4v) is 2.57. The fourth-order valence-electron chi connectivity index (χ4n) is 2.57. The molecule has 0 unspecified atom stereocenters. The molecule has 0 atom stereocenters. The predicted molar refractivity (Wildman–Crippen MR) is 78.5 cm³/mol. The van der Waals surface area contributed by atoms with Crippen LogP contribution in [0.15, 0.2) is 53.7 Å². The second-order valence-corrected chi connectivity index (χ2v) is 4.99. The Labute approximate surface area is 118 Å². The van der Waals surface area contributed by atoms with Crippen LogP contribution in [0.3, 0.4) is 0 Å². The van der Waals surface area contributed by atoms with Crippen LogP contribution < -0.4 is 4.74 Å². The number of oxime groups is 1. The molecular formula is C17H17NO2. The summed E-state index contributed by atoms with van der Waals surface area (Å²) in [5.41, 5.74) is 4.18. The lowest BCUT2D eigenvalue weighted by Gasteiger charge is -2.18. The van der Waals surface area contributed by atoms with Crippen LogP contribution in [0.5, 0.6) is 5.75 Å². The van der Waals surface area contributed by atoms with Crippen molar-refractivity contribution in [2.24, 2.45) is 5.16 Å². The van der Waals surface area contributed by atoms with E-state index >= 15 is 0 Å². The lowest BCUT2D eigenvalue weighted by Crippen LogP contribution is -2.12. The SMILES string of the molecule is O/N=C1\CCCc2cc(OCc3ccccc3)ccc21. The van der Waals surface area contributed by atoms with E-state index < -0.39 is 0 Å². The Morgan fingerprint density at radius 3 is 2.70 bits per heavy atom. The molecule has 20 heavy (non-hydrogen) atoms. The highest BCUT2D eigenvalue weighted by Gasteiger charge is 2.16. The van der Waals surface area contributed by atoms with E-state index in [0.717, 1.165) is 41.9 Å². The van der Waals surface area contributed by atoms with Crippen molar-refractivity contribution in [2.45, 2.75) is 25.9 Å². The van der Waals surface area contributed by atoms with Gasteiger partial charge in [0.15, 0.2) is 0 Å². The minimum Gasteiger partial charge on any atom is -0.489 e. The van der Waals surface area contributed by atoms with Gasteiger partial charge in [0.1, 0.15) is 12.4 Å². The molecule has 3 nitrogen and oxygen atoms in total. The van der Waals surface area contributed by atoms with E-state index in [2.05, 4.69) is 23.4 Å². The van der Waals surface area contributed by atoms with Crippen molar-refractivity contribution in [3.63, 3.8) is 0 Å². The first kappa shape index (κ1) is 12.7. The molecule has 1 aliphatic rings. The molecule has 1 N–H and O–H groups in total. The highest BCUT2D eigenvalue weighted by Crippen LogP contribution is 2.26. The third-order valence-electron chi connectivity index (χ3n) is 3.62. The van der Waals surface area contributed by atoms with Gasteiger partial charge in [0.05, 0.1) is 5.71 Å². The van der Waals surface area contributed by atoms with Crippen LogP contribution in [0, 0.1) is 0 Å². The molecule has 0 aliphatic heterocycles. The zero-order valence-electron chi connectivity index (χ0n) is 11.2. The molecule has 0 heterocycles. The van der Waals surface area contributed by atoms with Gasteiger partial charge in [-0.05, 0) is 48.6 Å². The standard InChI is InChI=1S/C17H17NO2/c19-18-17-8-4-7-14-11-15(9-10-16(14)17)20-12-13-5-2-1-3-6-13/h1-3,5-6,9-11,19H,4,7-8,12H2/b18-17+. The first-order valence-electron chi connectivity index (χ1n) is 6.88. The minimum absolute atomic E-state index is 0.570. The van der Waals surface area contributed by atoms with E-state index in [1.165, 1.54) is 5.56 Å². The molecule has 0 saturated carbocycles. The molecule has 1 aliphatic carbocycles. The third-order valence-corrected chi connectivity index (χ3v) is 3.62. The molecule has 2 aromatic carbocycles. The van der Waals surface area contributed by atoms with Gasteiger partial charge in [-0.15, -0.1) is 0 Å². The highest BCUT2D eigenvalue weighted by molar-refractivity contribution is 6.02. The Balaban J connectivity index is 1.76. The lowest BCUT2D eigenvalue weighted by atomic mass is 9.90. The van der Waals surface area contributed by atoms with Crippen LogP contribution in [0.2, 0.25) is 0 Å². The van der Waals surface area contributed by atoms with Crippen molar-refractivity contribution in [3.05, 3.63) is 65.2 Å². The summed E-state index contributed by atoms with van der Waals surface area (Å²) in [4.78, 5) is 0. The summed E-state index contributed by atoms with van der Waals surface area (Å²) in [5, 5.41) is 12.4. The Kier molecular flexibility index (Phi) is 3.68. The second-order valence-electron chi connectivity index (χ2n) is 4.99. The van der Waals surface area contributed by atoms with Gasteiger partial charge in [-0.25, -0.2) is 0 Å². The summed E-state index contributed by atoms with van der Waals surface area (Å²) >= 11 is 0. The third kappa shape index (κ3) is 2.67. The molecule has 102 valence electrons. The number of hydrogen-bond donors (Lipinski definition) is 1. The van der Waals surface area contributed by atoms with Crippen molar-refractivity contribution in [1.82, 2.24) is 0 Å². The first-order chi connectivity index (χ1) is 9.86. The molecule has 0 amide bonds. The molecule has 0 fully saturated rings. The average molecular weight is 267 g/mol. The normalized spacial score (nSPS) is 15.9. The predicted octanol–water partition coefficient (Wildman–Crippen LogP) is 3.78. The van der Waals surface area contributed by atoms with E-state index in [9.17, 15) is 0 Å². The Morgan fingerprint density at radius 2 is 1.90 bits per heavy atom. The summed E-state index contributed by atoms with van der Waals surface area (Å²) in [6.45, 7) is 0.570. The number of nitrogens with zero attached hydrogens (tertiary/aromatic N) is 1. The first-order valence-corrected chi connectivity index (χ1v) is 6.88. The van der Waals surface area contributed by atoms with Crippen LogP contribution >= 0.6 is 0 Å². The van der Waals surface area contributed by atoms with Crippen molar-refractivity contribution >= 4 is 5.71 Å².